The summed E-state index contributed by atoms with van der Waals surface area (Å²) in [4.78, 5) is 17.9. The third-order valence-electron chi connectivity index (χ3n) is 4.43. The van der Waals surface area contributed by atoms with Crippen LogP contribution in [0.2, 0.25) is 10.0 Å². The van der Waals surface area contributed by atoms with Crippen LogP contribution in [0.3, 0.4) is 0 Å². The van der Waals surface area contributed by atoms with Gasteiger partial charge in [-0.1, -0.05) is 57.0 Å². The van der Waals surface area contributed by atoms with Gasteiger partial charge in [0, 0.05) is 26.0 Å². The second kappa shape index (κ2) is 8.63. The van der Waals surface area contributed by atoms with Gasteiger partial charge in [0.1, 0.15) is 11.4 Å². The largest absolute Gasteiger partial charge is 0.495 e. The number of thioether (sulfide) groups is 1. The topological polar surface area (TPSA) is 66.3 Å². The summed E-state index contributed by atoms with van der Waals surface area (Å²) in [6.45, 7) is 3.71. The maximum Gasteiger partial charge on any atom is 0.276 e. The predicted octanol–water partition coefficient (Wildman–Crippen LogP) is 3.83. The predicted molar refractivity (Wildman–Crippen MR) is 124 cm³/mol. The lowest BCUT2D eigenvalue weighted by atomic mass is 10.1. The van der Waals surface area contributed by atoms with Crippen LogP contribution in [-0.4, -0.2) is 28.9 Å². The van der Waals surface area contributed by atoms with Gasteiger partial charge < -0.3 is 4.74 Å². The number of nitrogens with one attached hydrogen (secondary N) is 1. The number of hydrogen-bond donors (Lipinski definition) is 1. The van der Waals surface area contributed by atoms with Crippen LogP contribution in [0, 0.1) is 0 Å². The van der Waals surface area contributed by atoms with Gasteiger partial charge in [-0.15, -0.1) is 11.7 Å². The van der Waals surface area contributed by atoms with Crippen LogP contribution in [0.25, 0.3) is 5.70 Å². The average Bonchev–Trinajstić information content (AvgIpc) is 2.71. The monoisotopic (exact) mass is 524 g/mol. The molecule has 2 aromatic carbocycles. The summed E-state index contributed by atoms with van der Waals surface area (Å²) in [7, 11) is 1.52. The van der Waals surface area contributed by atoms with E-state index in [1.165, 1.54) is 18.9 Å². The maximum atomic E-state index is 13.1. The van der Waals surface area contributed by atoms with Crippen molar-refractivity contribution in [2.75, 3.05) is 12.9 Å². The minimum atomic E-state index is -0.690. The number of halogens is 3. The lowest BCUT2D eigenvalue weighted by molar-refractivity contribution is -0.116. The number of amidine groups is 1. The molecule has 4 rings (SSSR count). The number of amides is 1. The smallest absolute Gasteiger partial charge is 0.276 e. The standard InChI is InChI=1S/C20H15BrCl2N4O2S/c1-3-6-30-20-25-19(28)16-12-7-10(21)4-5-15(12)24-18(27(16)26-20)13-8-11(22)9-14(23)17(13)29-2/h3-5,7-9,18H,1,6H2,2H3,(H,25,26,28)/t18-/m1/s1. The third-order valence-corrected chi connectivity index (χ3v) is 6.28. The third kappa shape index (κ3) is 3.85. The molecule has 0 radical (unpaired) electrons. The van der Waals surface area contributed by atoms with Crippen molar-refractivity contribution in [3.8, 4) is 5.75 Å². The van der Waals surface area contributed by atoms with E-state index in [4.69, 9.17) is 32.9 Å². The average molecular weight is 526 g/mol. The van der Waals surface area contributed by atoms with Crippen molar-refractivity contribution in [1.82, 2.24) is 10.3 Å². The van der Waals surface area contributed by atoms with Crippen LogP contribution in [0.5, 0.6) is 5.75 Å². The molecule has 6 nitrogen and oxygen atoms in total. The van der Waals surface area contributed by atoms with Gasteiger partial charge in [-0.3, -0.25) is 15.1 Å². The number of hydrazone groups is 1. The van der Waals surface area contributed by atoms with Crippen molar-refractivity contribution >= 4 is 67.7 Å². The van der Waals surface area contributed by atoms with E-state index in [2.05, 4.69) is 32.9 Å². The summed E-state index contributed by atoms with van der Waals surface area (Å²) in [6.07, 6.45) is 1.05. The Balaban J connectivity index is 1.99. The van der Waals surface area contributed by atoms with Crippen LogP contribution < -0.4 is 20.6 Å². The van der Waals surface area contributed by atoms with Gasteiger partial charge in [-0.25, -0.2) is 5.01 Å². The first-order chi connectivity index (χ1) is 14.4. The molecule has 0 aromatic heterocycles. The zero-order valence-electron chi connectivity index (χ0n) is 15.7. The quantitative estimate of drug-likeness (QED) is 0.616. The van der Waals surface area contributed by atoms with E-state index in [-0.39, 0.29) is 5.91 Å². The Morgan fingerprint density at radius 3 is 2.90 bits per heavy atom. The maximum absolute atomic E-state index is 13.1. The summed E-state index contributed by atoms with van der Waals surface area (Å²) >= 11 is 17.5. The fourth-order valence-electron chi connectivity index (χ4n) is 3.24. The molecule has 1 atom stereocenters. The summed E-state index contributed by atoms with van der Waals surface area (Å²) in [5, 5.41) is 11.6. The van der Waals surface area contributed by atoms with Crippen molar-refractivity contribution in [3.63, 3.8) is 0 Å². The lowest BCUT2D eigenvalue weighted by Crippen LogP contribution is -2.50. The van der Waals surface area contributed by atoms with Crippen molar-refractivity contribution in [1.29, 1.82) is 0 Å². The Labute approximate surface area is 195 Å². The van der Waals surface area contributed by atoms with Crippen molar-refractivity contribution < 1.29 is 9.53 Å². The minimum absolute atomic E-state index is 0.275. The molecule has 0 bridgehead atoms. The van der Waals surface area contributed by atoms with E-state index in [0.717, 1.165) is 4.47 Å². The van der Waals surface area contributed by atoms with Crippen molar-refractivity contribution in [3.05, 3.63) is 73.6 Å². The molecular formula is C20H15BrCl2N4O2S. The zero-order chi connectivity index (χ0) is 21.4. The molecular weight excluding hydrogens is 511 g/mol. The zero-order valence-corrected chi connectivity index (χ0v) is 19.6. The molecule has 2 aliphatic heterocycles. The Hall–Kier alpha value is -2.00. The Morgan fingerprint density at radius 1 is 1.37 bits per heavy atom. The van der Waals surface area contributed by atoms with Gasteiger partial charge >= 0.3 is 0 Å². The molecule has 0 spiro atoms. The van der Waals surface area contributed by atoms with E-state index in [1.54, 1.807) is 23.2 Å². The van der Waals surface area contributed by atoms with E-state index < -0.39 is 6.17 Å². The van der Waals surface area contributed by atoms with E-state index >= 15 is 0 Å². The summed E-state index contributed by atoms with van der Waals surface area (Å²) < 4.78 is 6.36. The molecule has 2 aliphatic rings. The van der Waals surface area contributed by atoms with Crippen molar-refractivity contribution in [2.45, 2.75) is 6.17 Å². The SMILES string of the molecule is C=CCSC1=NN2C(=c3cc(Br)ccc3=N[C@H]2c2cc(Cl)cc(Cl)c2OC)C(=O)N1. The first-order valence-corrected chi connectivity index (χ1v) is 11.3. The number of hydrogen-bond acceptors (Lipinski definition) is 6. The number of nitrogens with zero attached hydrogens (tertiary/aromatic N) is 3. The highest BCUT2D eigenvalue weighted by molar-refractivity contribution is 9.10. The minimum Gasteiger partial charge on any atom is -0.495 e. The molecule has 0 unspecified atom stereocenters. The van der Waals surface area contributed by atoms with Gasteiger partial charge in [0.2, 0.25) is 0 Å². The van der Waals surface area contributed by atoms with Crippen LogP contribution in [0.4, 0.5) is 0 Å². The molecule has 154 valence electrons. The van der Waals surface area contributed by atoms with Gasteiger partial charge in [0.25, 0.3) is 5.91 Å². The summed E-state index contributed by atoms with van der Waals surface area (Å²) in [5.74, 6) is 0.748. The molecule has 0 saturated heterocycles. The normalized spacial score (nSPS) is 17.4. The lowest BCUT2D eigenvalue weighted by Gasteiger charge is -2.34. The number of carbonyl (C=O) groups is 1. The number of rotatable bonds is 4. The van der Waals surface area contributed by atoms with Crippen LogP contribution in [0.15, 0.2) is 57.6 Å². The van der Waals surface area contributed by atoms with E-state index in [1.807, 2.05) is 18.2 Å². The Bertz CT molecular complexity index is 1220. The van der Waals surface area contributed by atoms with Crippen molar-refractivity contribution in [2.24, 2.45) is 10.1 Å². The molecule has 10 heteroatoms. The molecule has 2 aromatic rings. The summed E-state index contributed by atoms with van der Waals surface area (Å²) in [6, 6.07) is 8.88. The van der Waals surface area contributed by atoms with E-state index in [9.17, 15) is 4.79 Å². The summed E-state index contributed by atoms with van der Waals surface area (Å²) in [5.41, 5.74) is 0.986. The molecule has 2 heterocycles. The molecule has 0 saturated carbocycles. The molecule has 1 N–H and O–H groups in total. The van der Waals surface area contributed by atoms with Crippen LogP contribution >= 0.6 is 50.9 Å². The number of ether oxygens (including phenoxy) is 1. The highest BCUT2D eigenvalue weighted by Gasteiger charge is 2.36. The fraction of sp³-hybridized carbons (Fsp3) is 0.150. The molecule has 30 heavy (non-hydrogen) atoms. The van der Waals surface area contributed by atoms with Crippen LogP contribution in [0.1, 0.15) is 11.7 Å². The van der Waals surface area contributed by atoms with Gasteiger partial charge in [0.15, 0.2) is 11.3 Å². The number of carbonyl (C=O) groups excluding carboxylic acids is 1. The van der Waals surface area contributed by atoms with Crippen LogP contribution in [-0.2, 0) is 4.79 Å². The number of methoxy groups -OCH3 is 1. The van der Waals surface area contributed by atoms with Gasteiger partial charge in [-0.05, 0) is 30.3 Å². The Kier molecular flexibility index (Phi) is 6.11. The number of benzene rings is 2. The van der Waals surface area contributed by atoms with E-state index in [0.29, 0.717) is 48.6 Å². The second-order valence-electron chi connectivity index (χ2n) is 6.33. The van der Waals surface area contributed by atoms with Gasteiger partial charge in [-0.2, -0.15) is 0 Å². The molecule has 0 aliphatic carbocycles. The van der Waals surface area contributed by atoms with Gasteiger partial charge in [0.05, 0.1) is 17.5 Å². The number of fused-ring (bicyclic) bond motifs is 2. The highest BCUT2D eigenvalue weighted by Crippen LogP contribution is 2.41. The first-order valence-electron chi connectivity index (χ1n) is 8.76. The highest BCUT2D eigenvalue weighted by atomic mass is 79.9. The first kappa shape index (κ1) is 21.2. The fourth-order valence-corrected chi connectivity index (χ4v) is 4.78. The Morgan fingerprint density at radius 2 is 2.17 bits per heavy atom. The molecule has 0 fully saturated rings. The molecule has 1 amide bonds. The second-order valence-corrected chi connectivity index (χ2v) is 9.09.